The van der Waals surface area contributed by atoms with Crippen LogP contribution in [0.15, 0.2) is 247 Å². The number of amides is 5. The van der Waals surface area contributed by atoms with Crippen LogP contribution in [0.1, 0.15) is 102 Å². The molecular weight excluding hydrogens is 1440 g/mol. The molecule has 0 spiro atoms. The van der Waals surface area contributed by atoms with Crippen LogP contribution in [0.5, 0.6) is 51.7 Å². The zero-order chi connectivity index (χ0) is 74.1. The second-order valence-corrected chi connectivity index (χ2v) is 23.2. The Bertz CT molecular complexity index is 4740. The van der Waals surface area contributed by atoms with Gasteiger partial charge in [0.15, 0.2) is 0 Å². The molecule has 0 aliphatic heterocycles. The van der Waals surface area contributed by atoms with Crippen molar-refractivity contribution < 1.29 is 69.2 Å². The molecule has 10 aromatic rings. The Labute approximate surface area is 603 Å². The second-order valence-electron chi connectivity index (χ2n) is 21.4. The van der Waals surface area contributed by atoms with Crippen molar-refractivity contribution in [2.45, 2.75) is 27.7 Å². The summed E-state index contributed by atoms with van der Waals surface area (Å²) in [4.78, 5) is 59.3. The van der Waals surface area contributed by atoms with Crippen molar-refractivity contribution in [2.24, 2.45) is 25.5 Å². The van der Waals surface area contributed by atoms with E-state index in [-0.39, 0.29) is 69.8 Å². The van der Waals surface area contributed by atoms with Crippen molar-refractivity contribution in [1.82, 2.24) is 27.1 Å². The van der Waals surface area contributed by atoms with E-state index in [4.69, 9.17) is 19.7 Å². The van der Waals surface area contributed by atoms with Crippen molar-refractivity contribution in [2.75, 3.05) is 14.2 Å². The number of phenolic OH excluding ortho intramolecular Hbond substituents is 7. The van der Waals surface area contributed by atoms with Crippen LogP contribution in [-0.2, 0) is 0 Å². The lowest BCUT2D eigenvalue weighted by Gasteiger charge is -2.04. The van der Waals surface area contributed by atoms with Crippen LogP contribution < -0.4 is 36.6 Å². The van der Waals surface area contributed by atoms with E-state index in [1.807, 2.05) is 82.3 Å². The zero-order valence-electron chi connectivity index (χ0n) is 55.6. The lowest BCUT2D eigenvalue weighted by atomic mass is 10.1. The van der Waals surface area contributed by atoms with Gasteiger partial charge in [0.2, 0.25) is 0 Å². The first-order valence-corrected chi connectivity index (χ1v) is 31.9. The highest BCUT2D eigenvalue weighted by Crippen LogP contribution is 2.26. The topological polar surface area (TPSA) is 367 Å². The molecule has 0 heterocycles. The van der Waals surface area contributed by atoms with Crippen molar-refractivity contribution in [3.8, 4) is 51.7 Å². The molecule has 10 rings (SSSR count). The first kappa shape index (κ1) is 78.1. The molecule has 12 N–H and O–H groups in total. The quantitative estimate of drug-likeness (QED) is 0.0298. The van der Waals surface area contributed by atoms with E-state index >= 15 is 0 Å². The first-order chi connectivity index (χ1) is 48.9. The van der Waals surface area contributed by atoms with Crippen LogP contribution in [-0.4, -0.2) is 111 Å². The van der Waals surface area contributed by atoms with Gasteiger partial charge >= 0.3 is 0 Å². The lowest BCUT2D eigenvalue weighted by molar-refractivity contribution is 0.0946. The number of rotatable bonds is 17. The summed E-state index contributed by atoms with van der Waals surface area (Å²) in [5.74, 6) is -0.536. The lowest BCUT2D eigenvalue weighted by Crippen LogP contribution is -2.18. The Morgan fingerprint density at radius 2 is 0.696 bits per heavy atom. The molecule has 0 aliphatic carbocycles. The fourth-order valence-corrected chi connectivity index (χ4v) is 9.18. The van der Waals surface area contributed by atoms with Crippen LogP contribution in [0.25, 0.3) is 0 Å². The Morgan fingerprint density at radius 3 is 1.05 bits per heavy atom. The number of aromatic hydroxyl groups is 7. The average Bonchev–Trinajstić information content (AvgIpc) is 0.909. The molecule has 102 heavy (non-hydrogen) atoms. The summed E-state index contributed by atoms with van der Waals surface area (Å²) in [6, 6.07) is 58.6. The number of phenols is 7. The standard InChI is InChI=1S/2C16H16N2O3.C15H13BrN2O2.C15H14N2O3.C14H11BrN2O3/c1-11-4-3-5-12(8-11)16(20)18-17-10-13-6-7-14(21-2)9-15(13)19;1-11-5-3-4-6-14(11)16(20)18-17-10-12-7-8-13(21-2)9-15(12)19;1-10-3-2-4-12(7-10)15(20)18-17-9-11-5-6-14(19)13(16)8-11;1-10-4-2-3-5-13(10)15(20)17-16-9-11-6-7-12(18)8-14(11)19;15-11-3-1-2-9(6-11)14(20)17-16-8-10-4-5-12(18)7-13(10)19/h2*3-10,19H,1-2H3,(H,18,20);2-9,19H,1H3,(H,18,20);2-9,18-19H,1H3,(H,17,20);1-8,18-19H,(H,17,20)/b2*17-10+;17-9+;16-9+;16-8+. The number of carbonyl (C=O) groups is 5. The molecule has 5 amide bonds. The summed E-state index contributed by atoms with van der Waals surface area (Å²) >= 11 is 6.49. The van der Waals surface area contributed by atoms with Gasteiger partial charge in [0.05, 0.1) is 49.8 Å². The van der Waals surface area contributed by atoms with Crippen LogP contribution in [0.2, 0.25) is 0 Å². The van der Waals surface area contributed by atoms with Crippen molar-refractivity contribution in [1.29, 1.82) is 0 Å². The van der Waals surface area contributed by atoms with Gasteiger partial charge in [-0.2, -0.15) is 25.5 Å². The molecule has 26 heteroatoms. The van der Waals surface area contributed by atoms with Gasteiger partial charge in [0.1, 0.15) is 51.7 Å². The van der Waals surface area contributed by atoms with Gasteiger partial charge in [0, 0.05) is 78.8 Å². The number of halogens is 2. The average molecular weight is 1510 g/mol. The smallest absolute Gasteiger partial charge is 0.271 e. The first-order valence-electron chi connectivity index (χ1n) is 30.3. The number of nitrogens with zero attached hydrogens (tertiary/aromatic N) is 5. The third-order valence-electron chi connectivity index (χ3n) is 13.8. The van der Waals surface area contributed by atoms with Gasteiger partial charge in [-0.1, -0.05) is 93.8 Å². The molecule has 0 aromatic heterocycles. The minimum atomic E-state index is -0.360. The summed E-state index contributed by atoms with van der Waals surface area (Å²) in [6.07, 6.45) is 6.88. The zero-order valence-corrected chi connectivity index (χ0v) is 58.7. The molecule has 0 fully saturated rings. The largest absolute Gasteiger partial charge is 0.508 e. The predicted molar refractivity (Wildman–Crippen MR) is 399 cm³/mol. The third kappa shape index (κ3) is 25.8. The summed E-state index contributed by atoms with van der Waals surface area (Å²) in [6.45, 7) is 7.53. The highest BCUT2D eigenvalue weighted by atomic mass is 79.9. The number of nitrogens with one attached hydrogen (secondary N) is 5. The second kappa shape index (κ2) is 40.1. The highest BCUT2D eigenvalue weighted by molar-refractivity contribution is 9.10. The minimum Gasteiger partial charge on any atom is -0.508 e. The number of aryl methyl sites for hydroxylation is 4. The van der Waals surface area contributed by atoms with Gasteiger partial charge in [-0.05, 0) is 182 Å². The number of carbonyl (C=O) groups excluding carboxylic acids is 5. The summed E-state index contributed by atoms with van der Waals surface area (Å²) in [5.41, 5.74) is 21.0. The summed E-state index contributed by atoms with van der Waals surface area (Å²) in [5, 5.41) is 85.4. The molecule has 10 aromatic carbocycles. The third-order valence-corrected chi connectivity index (χ3v) is 14.9. The summed E-state index contributed by atoms with van der Waals surface area (Å²) < 4.78 is 11.3. The van der Waals surface area contributed by atoms with Gasteiger partial charge in [-0.25, -0.2) is 27.1 Å². The maximum Gasteiger partial charge on any atom is 0.271 e. The van der Waals surface area contributed by atoms with E-state index in [1.165, 1.54) is 93.8 Å². The molecule has 0 bridgehead atoms. The summed E-state index contributed by atoms with van der Waals surface area (Å²) in [7, 11) is 3.04. The molecule has 522 valence electrons. The van der Waals surface area contributed by atoms with E-state index in [2.05, 4.69) is 84.5 Å². The number of hydrogen-bond donors (Lipinski definition) is 12. The Morgan fingerprint density at radius 1 is 0.343 bits per heavy atom. The van der Waals surface area contributed by atoms with Gasteiger partial charge < -0.3 is 45.2 Å². The van der Waals surface area contributed by atoms with Crippen molar-refractivity contribution in [3.05, 3.63) is 299 Å². The molecule has 0 saturated heterocycles. The molecule has 0 saturated carbocycles. The van der Waals surface area contributed by atoms with Crippen molar-refractivity contribution in [3.63, 3.8) is 0 Å². The predicted octanol–water partition coefficient (Wildman–Crippen LogP) is 13.0. The van der Waals surface area contributed by atoms with Gasteiger partial charge in [-0.3, -0.25) is 24.0 Å². The Balaban J connectivity index is 0.000000200. The molecule has 0 aliphatic rings. The molecular formula is C76H70Br2N10O14. The van der Waals surface area contributed by atoms with E-state index in [0.29, 0.717) is 66.0 Å². The van der Waals surface area contributed by atoms with E-state index < -0.39 is 0 Å². The van der Waals surface area contributed by atoms with Crippen LogP contribution in [0.3, 0.4) is 0 Å². The van der Waals surface area contributed by atoms with E-state index in [9.17, 15) is 49.5 Å². The number of methoxy groups -OCH3 is 2. The van der Waals surface area contributed by atoms with Crippen molar-refractivity contribution >= 4 is 92.5 Å². The number of benzene rings is 10. The molecule has 0 unspecified atom stereocenters. The molecule has 0 radical (unpaired) electrons. The van der Waals surface area contributed by atoms with E-state index in [0.717, 1.165) is 32.3 Å². The normalized spacial score (nSPS) is 10.6. The number of hydrazone groups is 5. The monoisotopic (exact) mass is 1500 g/mol. The Kier molecular flexibility index (Phi) is 30.7. The van der Waals surface area contributed by atoms with Crippen LogP contribution in [0, 0.1) is 27.7 Å². The Hall–Kier alpha value is -12.9. The van der Waals surface area contributed by atoms with Crippen LogP contribution in [0.4, 0.5) is 0 Å². The fourth-order valence-electron chi connectivity index (χ4n) is 8.38. The minimum absolute atomic E-state index is 0.0305. The maximum atomic E-state index is 11.9. The maximum absolute atomic E-state index is 11.9. The highest BCUT2D eigenvalue weighted by Gasteiger charge is 2.11. The fraction of sp³-hybridized carbons (Fsp3) is 0.0789. The number of ether oxygens (including phenoxy) is 2. The van der Waals surface area contributed by atoms with Gasteiger partial charge in [-0.15, -0.1) is 0 Å². The molecule has 24 nitrogen and oxygen atoms in total. The van der Waals surface area contributed by atoms with E-state index in [1.54, 1.807) is 109 Å². The van der Waals surface area contributed by atoms with Crippen LogP contribution >= 0.6 is 31.9 Å². The molecule has 0 atom stereocenters. The number of hydrogen-bond acceptors (Lipinski definition) is 19. The SMILES string of the molecule is COc1ccc(/C=N/NC(=O)c2cccc(C)c2)c(O)c1.COc1ccc(/C=N/NC(=O)c2ccccc2C)c(O)c1.Cc1cccc(C(=O)N/N=C/c2ccc(O)c(Br)c2)c1.Cc1ccccc1C(=O)N/N=C/c1ccc(O)cc1O.O=C(N/N=C/c1ccc(O)cc1O)c1cccc(Br)c1. The van der Waals surface area contributed by atoms with Gasteiger partial charge in [0.25, 0.3) is 29.5 Å².